The zero-order valence-electron chi connectivity index (χ0n) is 9.70. The minimum Gasteiger partial charge on any atom is -0.210 e. The van der Waals surface area contributed by atoms with E-state index in [1.54, 1.807) is 6.92 Å². The van der Waals surface area contributed by atoms with Gasteiger partial charge in [0.25, 0.3) is 0 Å². The Balaban J connectivity index is 2.91. The summed E-state index contributed by atoms with van der Waals surface area (Å²) in [5, 5.41) is 8.70. The quantitative estimate of drug-likeness (QED) is 0.677. The predicted octanol–water partition coefficient (Wildman–Crippen LogP) is 1.90. The normalized spacial score (nSPS) is 10.3. The second-order valence-electron chi connectivity index (χ2n) is 3.33. The van der Waals surface area contributed by atoms with Crippen LogP contribution in [0, 0.1) is 23.2 Å². The van der Waals surface area contributed by atoms with Crippen LogP contribution in [-0.2, 0) is 10.0 Å². The Kier molecular flexibility index (Phi) is 5.18. The second-order valence-corrected chi connectivity index (χ2v) is 5.47. The van der Waals surface area contributed by atoms with Crippen LogP contribution in [0.2, 0.25) is 5.02 Å². The lowest BCUT2D eigenvalue weighted by Crippen LogP contribution is -2.24. The maximum absolute atomic E-state index is 11.9. The molecule has 0 saturated heterocycles. The SMILES string of the molecule is CC#CCCNS(=O)(=O)c1ccc(C#N)cc1Cl. The van der Waals surface area contributed by atoms with Crippen molar-refractivity contribution in [2.24, 2.45) is 0 Å². The highest BCUT2D eigenvalue weighted by Crippen LogP contribution is 2.22. The van der Waals surface area contributed by atoms with E-state index in [-0.39, 0.29) is 16.5 Å². The fraction of sp³-hybridized carbons (Fsp3) is 0.250. The molecule has 0 spiro atoms. The van der Waals surface area contributed by atoms with Crippen molar-refractivity contribution in [3.05, 3.63) is 28.8 Å². The summed E-state index contributed by atoms with van der Waals surface area (Å²) in [7, 11) is -3.66. The van der Waals surface area contributed by atoms with Gasteiger partial charge >= 0.3 is 0 Å². The Labute approximate surface area is 112 Å². The van der Waals surface area contributed by atoms with E-state index in [4.69, 9.17) is 16.9 Å². The van der Waals surface area contributed by atoms with E-state index in [1.165, 1.54) is 18.2 Å². The molecule has 94 valence electrons. The number of nitriles is 1. The number of hydrogen-bond donors (Lipinski definition) is 1. The van der Waals surface area contributed by atoms with Crippen LogP contribution in [0.3, 0.4) is 0 Å². The standard InChI is InChI=1S/C12H11ClN2O2S/c1-2-3-4-7-15-18(16,17)12-6-5-10(9-14)8-11(12)13/h5-6,8,15H,4,7H2,1H3. The van der Waals surface area contributed by atoms with Crippen LogP contribution in [0.4, 0.5) is 0 Å². The number of hydrogen-bond acceptors (Lipinski definition) is 3. The summed E-state index contributed by atoms with van der Waals surface area (Å²) >= 11 is 5.83. The number of nitrogens with zero attached hydrogens (tertiary/aromatic N) is 1. The third-order valence-electron chi connectivity index (χ3n) is 2.07. The molecule has 0 aliphatic rings. The molecule has 0 amide bonds. The van der Waals surface area contributed by atoms with E-state index in [0.717, 1.165) is 0 Å². The molecule has 0 bridgehead atoms. The lowest BCUT2D eigenvalue weighted by Gasteiger charge is -2.07. The van der Waals surface area contributed by atoms with Gasteiger partial charge in [0.1, 0.15) is 4.90 Å². The van der Waals surface area contributed by atoms with Crippen molar-refractivity contribution >= 4 is 21.6 Å². The summed E-state index contributed by atoms with van der Waals surface area (Å²) in [6.07, 6.45) is 0.434. The molecule has 0 aliphatic heterocycles. The highest BCUT2D eigenvalue weighted by molar-refractivity contribution is 7.89. The summed E-state index contributed by atoms with van der Waals surface area (Å²) in [6.45, 7) is 1.91. The molecule has 0 aliphatic carbocycles. The van der Waals surface area contributed by atoms with E-state index in [0.29, 0.717) is 12.0 Å². The van der Waals surface area contributed by atoms with E-state index < -0.39 is 10.0 Å². The van der Waals surface area contributed by atoms with Gasteiger partial charge in [0.2, 0.25) is 10.0 Å². The van der Waals surface area contributed by atoms with Gasteiger partial charge in [0.15, 0.2) is 0 Å². The molecule has 18 heavy (non-hydrogen) atoms. The maximum Gasteiger partial charge on any atom is 0.242 e. The first-order valence-electron chi connectivity index (χ1n) is 5.10. The fourth-order valence-electron chi connectivity index (χ4n) is 1.24. The summed E-state index contributed by atoms with van der Waals surface area (Å²) in [5.74, 6) is 5.43. The van der Waals surface area contributed by atoms with Gasteiger partial charge < -0.3 is 0 Å². The van der Waals surface area contributed by atoms with Gasteiger partial charge in [-0.25, -0.2) is 13.1 Å². The summed E-state index contributed by atoms with van der Waals surface area (Å²) in [4.78, 5) is -0.0346. The van der Waals surface area contributed by atoms with Crippen molar-refractivity contribution < 1.29 is 8.42 Å². The van der Waals surface area contributed by atoms with Crippen molar-refractivity contribution in [2.75, 3.05) is 6.54 Å². The summed E-state index contributed by atoms with van der Waals surface area (Å²) < 4.78 is 26.2. The van der Waals surface area contributed by atoms with Gasteiger partial charge in [0.05, 0.1) is 16.7 Å². The Morgan fingerprint density at radius 3 is 2.72 bits per heavy atom. The minimum atomic E-state index is -3.66. The number of nitrogens with one attached hydrogen (secondary N) is 1. The molecular formula is C12H11ClN2O2S. The number of halogens is 1. The number of rotatable bonds is 4. The van der Waals surface area contributed by atoms with E-state index in [1.807, 2.05) is 6.07 Å². The lowest BCUT2D eigenvalue weighted by atomic mass is 10.2. The van der Waals surface area contributed by atoms with Gasteiger partial charge in [-0.05, 0) is 25.1 Å². The van der Waals surface area contributed by atoms with E-state index >= 15 is 0 Å². The molecule has 1 aromatic rings. The lowest BCUT2D eigenvalue weighted by molar-refractivity contribution is 0.582. The maximum atomic E-state index is 11.9. The largest absolute Gasteiger partial charge is 0.242 e. The smallest absolute Gasteiger partial charge is 0.210 e. The Morgan fingerprint density at radius 1 is 1.44 bits per heavy atom. The number of sulfonamides is 1. The fourth-order valence-corrected chi connectivity index (χ4v) is 2.81. The molecule has 1 N–H and O–H groups in total. The van der Waals surface area contributed by atoms with Gasteiger partial charge in [-0.2, -0.15) is 5.26 Å². The zero-order valence-corrected chi connectivity index (χ0v) is 11.3. The molecular weight excluding hydrogens is 272 g/mol. The van der Waals surface area contributed by atoms with Crippen LogP contribution in [0.15, 0.2) is 23.1 Å². The summed E-state index contributed by atoms with van der Waals surface area (Å²) in [6, 6.07) is 5.93. The van der Waals surface area contributed by atoms with Gasteiger partial charge in [-0.1, -0.05) is 11.6 Å². The monoisotopic (exact) mass is 282 g/mol. The average molecular weight is 283 g/mol. The molecule has 0 heterocycles. The van der Waals surface area contributed by atoms with E-state index in [2.05, 4.69) is 16.6 Å². The third-order valence-corrected chi connectivity index (χ3v) is 4.01. The van der Waals surface area contributed by atoms with Gasteiger partial charge in [0, 0.05) is 13.0 Å². The first-order chi connectivity index (χ1) is 8.51. The first kappa shape index (κ1) is 14.5. The van der Waals surface area contributed by atoms with Gasteiger partial charge in [-0.15, -0.1) is 11.8 Å². The highest BCUT2D eigenvalue weighted by atomic mass is 35.5. The zero-order chi connectivity index (χ0) is 13.6. The number of benzene rings is 1. The second kappa shape index (κ2) is 6.42. The Morgan fingerprint density at radius 2 is 2.17 bits per heavy atom. The topological polar surface area (TPSA) is 70.0 Å². The minimum absolute atomic E-state index is 0.0307. The van der Waals surface area contributed by atoms with Crippen LogP contribution >= 0.6 is 11.6 Å². The van der Waals surface area contributed by atoms with Crippen molar-refractivity contribution in [3.63, 3.8) is 0 Å². The average Bonchev–Trinajstić information content (AvgIpc) is 2.34. The van der Waals surface area contributed by atoms with E-state index in [9.17, 15) is 8.42 Å². The van der Waals surface area contributed by atoms with Gasteiger partial charge in [-0.3, -0.25) is 0 Å². The van der Waals surface area contributed by atoms with Crippen LogP contribution in [0.5, 0.6) is 0 Å². The third kappa shape index (κ3) is 3.75. The molecule has 6 heteroatoms. The molecule has 0 saturated carbocycles. The molecule has 0 radical (unpaired) electrons. The van der Waals surface area contributed by atoms with Crippen LogP contribution in [0.1, 0.15) is 18.9 Å². The first-order valence-corrected chi connectivity index (χ1v) is 6.96. The molecule has 1 rings (SSSR count). The Hall–Kier alpha value is -1.53. The van der Waals surface area contributed by atoms with Crippen LogP contribution in [-0.4, -0.2) is 15.0 Å². The molecule has 0 fully saturated rings. The highest BCUT2D eigenvalue weighted by Gasteiger charge is 2.17. The molecule has 0 atom stereocenters. The predicted molar refractivity (Wildman–Crippen MR) is 69.4 cm³/mol. The van der Waals surface area contributed by atoms with Crippen molar-refractivity contribution in [3.8, 4) is 17.9 Å². The molecule has 4 nitrogen and oxygen atoms in total. The van der Waals surface area contributed by atoms with Crippen LogP contribution in [0.25, 0.3) is 0 Å². The van der Waals surface area contributed by atoms with Crippen molar-refractivity contribution in [1.29, 1.82) is 5.26 Å². The molecule has 0 aromatic heterocycles. The Bertz CT molecular complexity index is 636. The van der Waals surface area contributed by atoms with Crippen LogP contribution < -0.4 is 4.72 Å². The molecule has 1 aromatic carbocycles. The summed E-state index contributed by atoms with van der Waals surface area (Å²) in [5.41, 5.74) is 0.316. The molecule has 0 unspecified atom stereocenters. The van der Waals surface area contributed by atoms with Crippen molar-refractivity contribution in [2.45, 2.75) is 18.2 Å². The van der Waals surface area contributed by atoms with Crippen molar-refractivity contribution in [1.82, 2.24) is 4.72 Å².